The Morgan fingerprint density at radius 1 is 1.21 bits per heavy atom. The summed E-state index contributed by atoms with van der Waals surface area (Å²) < 4.78 is 60.3. The molecular formula is C11H11ClF4O3. The van der Waals surface area contributed by atoms with Crippen LogP contribution in [0.25, 0.3) is 0 Å². The van der Waals surface area contributed by atoms with Gasteiger partial charge in [-0.25, -0.2) is 8.78 Å². The Hall–Kier alpha value is -1.21. The van der Waals surface area contributed by atoms with Crippen molar-refractivity contribution >= 4 is 11.6 Å². The van der Waals surface area contributed by atoms with Gasteiger partial charge in [-0.3, -0.25) is 0 Å². The lowest BCUT2D eigenvalue weighted by molar-refractivity contribution is -0.194. The van der Waals surface area contributed by atoms with Crippen LogP contribution in [0.15, 0.2) is 12.1 Å². The highest BCUT2D eigenvalue weighted by Crippen LogP contribution is 2.45. The summed E-state index contributed by atoms with van der Waals surface area (Å²) in [6.07, 6.45) is -6.76. The van der Waals surface area contributed by atoms with Gasteiger partial charge in [-0.2, -0.15) is 8.78 Å². The molecule has 0 amide bonds. The molecule has 0 fully saturated rings. The van der Waals surface area contributed by atoms with E-state index < -0.39 is 24.0 Å². The van der Waals surface area contributed by atoms with Crippen molar-refractivity contribution in [1.82, 2.24) is 0 Å². The molecule has 1 rings (SSSR count). The first-order valence-electron chi connectivity index (χ1n) is 5.01. The lowest BCUT2D eigenvalue weighted by Gasteiger charge is -2.24. The smallest absolute Gasteiger partial charge is 0.336 e. The number of benzene rings is 1. The van der Waals surface area contributed by atoms with Crippen molar-refractivity contribution in [2.45, 2.75) is 18.5 Å². The van der Waals surface area contributed by atoms with Crippen molar-refractivity contribution in [2.24, 2.45) is 0 Å². The van der Waals surface area contributed by atoms with Gasteiger partial charge in [-0.15, -0.1) is 0 Å². The van der Waals surface area contributed by atoms with Gasteiger partial charge in [0.25, 0.3) is 0 Å². The summed E-state index contributed by atoms with van der Waals surface area (Å²) in [6.45, 7) is 0. The predicted molar refractivity (Wildman–Crippen MR) is 60.5 cm³/mol. The molecule has 0 spiro atoms. The third-order valence-corrected chi connectivity index (χ3v) is 2.82. The normalized spacial score (nSPS) is 13.5. The number of halogens is 5. The van der Waals surface area contributed by atoms with Crippen LogP contribution in [0.2, 0.25) is 5.02 Å². The first kappa shape index (κ1) is 15.8. The van der Waals surface area contributed by atoms with Crippen molar-refractivity contribution in [2.75, 3.05) is 14.2 Å². The van der Waals surface area contributed by atoms with Crippen LogP contribution in [-0.2, 0) is 0 Å². The molecule has 0 radical (unpaired) electrons. The minimum Gasteiger partial charge on any atom is -0.495 e. The van der Waals surface area contributed by atoms with Crippen LogP contribution in [-0.4, -0.2) is 31.7 Å². The molecule has 3 nitrogen and oxygen atoms in total. The van der Waals surface area contributed by atoms with Crippen LogP contribution in [0.4, 0.5) is 17.6 Å². The number of methoxy groups -OCH3 is 2. The van der Waals surface area contributed by atoms with Gasteiger partial charge >= 0.3 is 12.3 Å². The van der Waals surface area contributed by atoms with Gasteiger partial charge in [0, 0.05) is 5.56 Å². The zero-order chi connectivity index (χ0) is 14.8. The topological polar surface area (TPSA) is 38.7 Å². The second-order valence-corrected chi connectivity index (χ2v) is 3.96. The lowest BCUT2D eigenvalue weighted by Crippen LogP contribution is -2.34. The summed E-state index contributed by atoms with van der Waals surface area (Å²) in [4.78, 5) is 0. The molecule has 0 saturated heterocycles. The molecule has 1 atom stereocenters. The fourth-order valence-corrected chi connectivity index (χ4v) is 1.79. The van der Waals surface area contributed by atoms with E-state index in [0.29, 0.717) is 0 Å². The van der Waals surface area contributed by atoms with Crippen molar-refractivity contribution < 1.29 is 32.1 Å². The first-order valence-corrected chi connectivity index (χ1v) is 5.39. The third-order valence-electron chi connectivity index (χ3n) is 2.47. The van der Waals surface area contributed by atoms with E-state index in [-0.39, 0.29) is 16.5 Å². The number of aliphatic hydroxyl groups is 1. The summed E-state index contributed by atoms with van der Waals surface area (Å²) in [7, 11) is 2.39. The Bertz CT molecular complexity index is 454. The SMILES string of the molecule is COc1ccc(C(O)C(F)(F)C(F)F)c(OC)c1Cl. The van der Waals surface area contributed by atoms with Crippen molar-refractivity contribution in [3.8, 4) is 11.5 Å². The Labute approximate surface area is 111 Å². The summed E-state index contributed by atoms with van der Waals surface area (Å²) >= 11 is 5.79. The van der Waals surface area contributed by atoms with Gasteiger partial charge in [0.15, 0.2) is 6.10 Å². The minimum atomic E-state index is -4.62. The Balaban J connectivity index is 3.32. The number of ether oxygens (including phenoxy) is 2. The molecule has 1 N–H and O–H groups in total. The molecule has 0 aliphatic carbocycles. The van der Waals surface area contributed by atoms with Crippen LogP contribution in [0.3, 0.4) is 0 Å². The van der Waals surface area contributed by atoms with Crippen molar-refractivity contribution in [3.05, 3.63) is 22.7 Å². The van der Waals surface area contributed by atoms with Crippen LogP contribution in [0.5, 0.6) is 11.5 Å². The number of hydrogen-bond donors (Lipinski definition) is 1. The van der Waals surface area contributed by atoms with Crippen molar-refractivity contribution in [1.29, 1.82) is 0 Å². The van der Waals surface area contributed by atoms with E-state index in [9.17, 15) is 22.7 Å². The predicted octanol–water partition coefficient (Wildman–Crippen LogP) is 3.29. The summed E-state index contributed by atoms with van der Waals surface area (Å²) in [6, 6.07) is 2.16. The molecule has 0 aliphatic rings. The van der Waals surface area contributed by atoms with E-state index in [1.807, 2.05) is 0 Å². The highest BCUT2D eigenvalue weighted by molar-refractivity contribution is 6.33. The van der Waals surface area contributed by atoms with Gasteiger partial charge < -0.3 is 14.6 Å². The average Bonchev–Trinajstić information content (AvgIpc) is 2.37. The molecule has 0 bridgehead atoms. The number of alkyl halides is 4. The molecule has 1 unspecified atom stereocenters. The summed E-state index contributed by atoms with van der Waals surface area (Å²) in [5, 5.41) is 9.22. The van der Waals surface area contributed by atoms with E-state index in [4.69, 9.17) is 21.1 Å². The molecule has 8 heteroatoms. The second kappa shape index (κ2) is 5.83. The first-order chi connectivity index (χ1) is 8.77. The monoisotopic (exact) mass is 302 g/mol. The van der Waals surface area contributed by atoms with Gasteiger partial charge in [-0.1, -0.05) is 11.6 Å². The van der Waals surface area contributed by atoms with Gasteiger partial charge in [0.2, 0.25) is 0 Å². The summed E-state index contributed by atoms with van der Waals surface area (Å²) in [5.41, 5.74) is -0.543. The fourth-order valence-electron chi connectivity index (χ4n) is 1.46. The number of rotatable bonds is 5. The highest BCUT2D eigenvalue weighted by atomic mass is 35.5. The molecule has 1 aromatic carbocycles. The molecule has 1 aromatic rings. The van der Waals surface area contributed by atoms with E-state index >= 15 is 0 Å². The highest BCUT2D eigenvalue weighted by Gasteiger charge is 2.50. The van der Waals surface area contributed by atoms with E-state index in [0.717, 1.165) is 13.2 Å². The Kier molecular flexibility index (Phi) is 4.86. The quantitative estimate of drug-likeness (QED) is 0.848. The molecule has 108 valence electrons. The van der Waals surface area contributed by atoms with Crippen LogP contribution < -0.4 is 9.47 Å². The van der Waals surface area contributed by atoms with E-state index in [1.54, 1.807) is 0 Å². The fraction of sp³-hybridized carbons (Fsp3) is 0.455. The van der Waals surface area contributed by atoms with E-state index in [2.05, 4.69) is 0 Å². The standard InChI is InChI=1S/C11H11ClF4O3/c1-18-6-4-3-5(8(19-2)7(6)12)9(17)11(15,16)10(13)14/h3-4,9-10,17H,1-2H3. The molecule has 19 heavy (non-hydrogen) atoms. The molecule has 0 saturated carbocycles. The maximum absolute atomic E-state index is 13.1. The van der Waals surface area contributed by atoms with Gasteiger partial charge in [0.1, 0.15) is 16.5 Å². The zero-order valence-corrected chi connectivity index (χ0v) is 10.7. The molecule has 0 aromatic heterocycles. The second-order valence-electron chi connectivity index (χ2n) is 3.58. The molecule has 0 aliphatic heterocycles. The maximum Gasteiger partial charge on any atom is 0.336 e. The van der Waals surface area contributed by atoms with Crippen molar-refractivity contribution in [3.63, 3.8) is 0 Å². The van der Waals surface area contributed by atoms with Crippen LogP contribution in [0.1, 0.15) is 11.7 Å². The average molecular weight is 303 g/mol. The maximum atomic E-state index is 13.1. The molecule has 0 heterocycles. The Morgan fingerprint density at radius 3 is 2.21 bits per heavy atom. The summed E-state index contributed by atoms with van der Waals surface area (Å²) in [5.74, 6) is -4.85. The molecular weight excluding hydrogens is 292 g/mol. The Morgan fingerprint density at radius 2 is 1.79 bits per heavy atom. The van der Waals surface area contributed by atoms with Gasteiger partial charge in [0.05, 0.1) is 14.2 Å². The number of hydrogen-bond acceptors (Lipinski definition) is 3. The van der Waals surface area contributed by atoms with Crippen LogP contribution >= 0.6 is 11.6 Å². The van der Waals surface area contributed by atoms with E-state index in [1.165, 1.54) is 13.2 Å². The largest absolute Gasteiger partial charge is 0.495 e. The number of aliphatic hydroxyl groups excluding tert-OH is 1. The van der Waals surface area contributed by atoms with Gasteiger partial charge in [-0.05, 0) is 12.1 Å². The zero-order valence-electron chi connectivity index (χ0n) is 9.96. The minimum absolute atomic E-state index is 0.106. The van der Waals surface area contributed by atoms with Crippen LogP contribution in [0, 0.1) is 0 Å². The lowest BCUT2D eigenvalue weighted by atomic mass is 10.0. The third kappa shape index (κ3) is 2.87.